The van der Waals surface area contributed by atoms with Crippen LogP contribution in [0.4, 0.5) is 5.69 Å². The van der Waals surface area contributed by atoms with Crippen molar-refractivity contribution in [1.82, 2.24) is 14.5 Å². The molecular formula is C32H23IN4O5. The molecule has 0 bridgehead atoms. The predicted molar refractivity (Wildman–Crippen MR) is 169 cm³/mol. The lowest BCUT2D eigenvalue weighted by molar-refractivity contribution is -0.134. The van der Waals surface area contributed by atoms with Gasteiger partial charge in [-0.25, -0.2) is 9.78 Å². The van der Waals surface area contributed by atoms with E-state index in [0.29, 0.717) is 33.5 Å². The van der Waals surface area contributed by atoms with Gasteiger partial charge in [-0.3, -0.25) is 9.59 Å². The van der Waals surface area contributed by atoms with Crippen molar-refractivity contribution in [2.45, 2.75) is 6.42 Å². The zero-order valence-electron chi connectivity index (χ0n) is 22.2. The Morgan fingerprint density at radius 1 is 0.976 bits per heavy atom. The third-order valence-electron chi connectivity index (χ3n) is 7.12. The van der Waals surface area contributed by atoms with Crippen LogP contribution in [0.15, 0.2) is 84.9 Å². The fourth-order valence-corrected chi connectivity index (χ4v) is 6.19. The Bertz CT molecular complexity index is 2030. The number of aromatic nitrogens is 3. The average molecular weight is 670 g/mol. The molecule has 6 rings (SSSR count). The van der Waals surface area contributed by atoms with Gasteiger partial charge in [-0.15, -0.1) is 0 Å². The molecule has 0 saturated carbocycles. The van der Waals surface area contributed by atoms with Crippen molar-refractivity contribution in [3.63, 3.8) is 0 Å². The van der Waals surface area contributed by atoms with E-state index < -0.39 is 17.7 Å². The molecule has 0 aliphatic rings. The number of amides is 1. The van der Waals surface area contributed by atoms with E-state index in [1.165, 1.54) is 12.1 Å². The first-order valence-electron chi connectivity index (χ1n) is 12.9. The third-order valence-corrected chi connectivity index (χ3v) is 8.22. The lowest BCUT2D eigenvalue weighted by Gasteiger charge is -2.10. The first kappa shape index (κ1) is 27.2. The minimum atomic E-state index is -1.21. The summed E-state index contributed by atoms with van der Waals surface area (Å²) in [5, 5.41) is 23.1. The summed E-state index contributed by atoms with van der Waals surface area (Å²) in [7, 11) is 1.82. The summed E-state index contributed by atoms with van der Waals surface area (Å²) in [4.78, 5) is 45.5. The minimum Gasteiger partial charge on any atom is -0.507 e. The zero-order valence-corrected chi connectivity index (χ0v) is 24.3. The number of aromatic amines is 1. The summed E-state index contributed by atoms with van der Waals surface area (Å²) in [6, 6.07) is 25.0. The van der Waals surface area contributed by atoms with Crippen molar-refractivity contribution < 1.29 is 24.6 Å². The number of aryl methyl sites for hydroxylation is 1. The maximum Gasteiger partial charge on any atom is 0.339 e. The summed E-state index contributed by atoms with van der Waals surface area (Å²) in [6.45, 7) is 0. The molecule has 0 unspecified atom stereocenters. The second kappa shape index (κ2) is 10.8. The number of nitrogens with one attached hydrogen (secondary N) is 2. The lowest BCUT2D eigenvalue weighted by Crippen LogP contribution is -2.24. The fraction of sp³-hybridized carbons (Fsp3) is 0.0625. The Morgan fingerprint density at radius 3 is 2.52 bits per heavy atom. The van der Waals surface area contributed by atoms with E-state index in [0.717, 1.165) is 25.9 Å². The molecule has 2 aromatic heterocycles. The second-order valence-electron chi connectivity index (χ2n) is 9.82. The molecule has 0 saturated heterocycles. The van der Waals surface area contributed by atoms with E-state index in [4.69, 9.17) is 0 Å². The largest absolute Gasteiger partial charge is 0.507 e. The molecule has 6 aromatic rings. The number of nitrogens with zero attached hydrogens (tertiary/aromatic N) is 2. The number of aromatic carboxylic acids is 1. The first-order valence-corrected chi connectivity index (χ1v) is 14.0. The number of halogens is 1. The molecule has 208 valence electrons. The van der Waals surface area contributed by atoms with Gasteiger partial charge in [0, 0.05) is 34.1 Å². The number of H-pyrrole nitrogens is 1. The Labute approximate surface area is 253 Å². The van der Waals surface area contributed by atoms with E-state index >= 15 is 0 Å². The summed E-state index contributed by atoms with van der Waals surface area (Å²) < 4.78 is 2.67. The monoisotopic (exact) mass is 670 g/mol. The second-order valence-corrected chi connectivity index (χ2v) is 10.9. The smallest absolute Gasteiger partial charge is 0.339 e. The quantitative estimate of drug-likeness (QED) is 0.119. The van der Waals surface area contributed by atoms with Gasteiger partial charge in [0.2, 0.25) is 5.78 Å². The van der Waals surface area contributed by atoms with Gasteiger partial charge in [0.25, 0.3) is 5.91 Å². The van der Waals surface area contributed by atoms with Crippen molar-refractivity contribution >= 4 is 67.9 Å². The predicted octanol–water partition coefficient (Wildman–Crippen LogP) is 6.15. The molecule has 0 atom stereocenters. The van der Waals surface area contributed by atoms with E-state index in [-0.39, 0.29) is 17.7 Å². The van der Waals surface area contributed by atoms with E-state index in [9.17, 15) is 24.6 Å². The van der Waals surface area contributed by atoms with Crippen LogP contribution < -0.4 is 5.32 Å². The highest BCUT2D eigenvalue weighted by molar-refractivity contribution is 14.1. The Kier molecular flexibility index (Phi) is 6.99. The number of carbonyl (C=O) groups excluding carboxylic acids is 2. The van der Waals surface area contributed by atoms with Gasteiger partial charge in [-0.1, -0.05) is 42.5 Å². The molecule has 2 heterocycles. The van der Waals surface area contributed by atoms with Crippen LogP contribution in [0.2, 0.25) is 0 Å². The molecule has 0 radical (unpaired) electrons. The summed E-state index contributed by atoms with van der Waals surface area (Å²) in [6.07, 6.45) is -0.114. The standard InChI is InChI=1S/C32H23IN4O5/c1-37-25-16-26(38)21(32(41)42)15-20(25)28(33)29(37)18-8-6-7-17(13-18)14-27(39)31(40)36-22-10-3-2-9-19(22)30-34-23-11-4-5-12-24(23)35-30/h2-13,15-16,38H,14H2,1H3,(H,34,35)(H,36,40)(H,41,42). The van der Waals surface area contributed by atoms with Crippen LogP contribution in [0.1, 0.15) is 15.9 Å². The molecule has 0 fully saturated rings. The maximum absolute atomic E-state index is 13.0. The van der Waals surface area contributed by atoms with Gasteiger partial charge in [0.1, 0.15) is 17.1 Å². The number of carboxylic acids is 1. The lowest BCUT2D eigenvalue weighted by atomic mass is 10.0. The number of aromatic hydroxyl groups is 1. The van der Waals surface area contributed by atoms with Crippen LogP contribution in [0.5, 0.6) is 5.75 Å². The van der Waals surface area contributed by atoms with Crippen molar-refractivity contribution in [3.8, 4) is 28.4 Å². The van der Waals surface area contributed by atoms with E-state index in [2.05, 4.69) is 37.9 Å². The zero-order chi connectivity index (χ0) is 29.5. The Balaban J connectivity index is 1.25. The number of imidazole rings is 1. The van der Waals surface area contributed by atoms with Crippen LogP contribution in [-0.4, -0.2) is 42.4 Å². The summed E-state index contributed by atoms with van der Waals surface area (Å²) in [5.41, 5.74) is 5.52. The molecule has 0 aliphatic carbocycles. The number of hydrogen-bond acceptors (Lipinski definition) is 5. The average Bonchev–Trinajstić information content (AvgIpc) is 3.51. The third kappa shape index (κ3) is 4.90. The Hall–Kier alpha value is -4.97. The van der Waals surface area contributed by atoms with Gasteiger partial charge in [-0.05, 0) is 70.1 Å². The first-order chi connectivity index (χ1) is 20.2. The Morgan fingerprint density at radius 2 is 1.74 bits per heavy atom. The van der Waals surface area contributed by atoms with Crippen LogP contribution in [-0.2, 0) is 23.1 Å². The van der Waals surface area contributed by atoms with Crippen LogP contribution in [0.3, 0.4) is 0 Å². The minimum absolute atomic E-state index is 0.114. The van der Waals surface area contributed by atoms with Gasteiger partial charge >= 0.3 is 5.97 Å². The highest BCUT2D eigenvalue weighted by Crippen LogP contribution is 2.37. The number of hydrogen-bond donors (Lipinski definition) is 4. The number of anilines is 1. The summed E-state index contributed by atoms with van der Waals surface area (Å²) >= 11 is 2.15. The number of para-hydroxylation sites is 3. The number of carbonyl (C=O) groups is 3. The van der Waals surface area contributed by atoms with Gasteiger partial charge in [0.05, 0.1) is 27.9 Å². The van der Waals surface area contributed by atoms with Gasteiger partial charge < -0.3 is 25.1 Å². The number of fused-ring (bicyclic) bond motifs is 2. The van der Waals surface area contributed by atoms with Gasteiger partial charge in [-0.2, -0.15) is 0 Å². The number of rotatable bonds is 7. The molecule has 0 aliphatic heterocycles. The molecule has 4 aromatic carbocycles. The molecule has 9 nitrogen and oxygen atoms in total. The maximum atomic E-state index is 13.0. The highest BCUT2D eigenvalue weighted by Gasteiger charge is 2.21. The van der Waals surface area contributed by atoms with Crippen molar-refractivity contribution in [2.75, 3.05) is 5.32 Å². The molecular weight excluding hydrogens is 647 g/mol. The normalized spacial score (nSPS) is 11.2. The van der Waals surface area contributed by atoms with Crippen molar-refractivity contribution in [3.05, 3.63) is 99.6 Å². The van der Waals surface area contributed by atoms with Crippen LogP contribution in [0.25, 0.3) is 44.6 Å². The molecule has 0 spiro atoms. The summed E-state index contributed by atoms with van der Waals surface area (Å²) in [5.74, 6) is -2.28. The van der Waals surface area contributed by atoms with Crippen molar-refractivity contribution in [2.24, 2.45) is 7.05 Å². The number of phenols is 1. The number of ketones is 1. The van der Waals surface area contributed by atoms with Gasteiger partial charge in [0.15, 0.2) is 0 Å². The number of Topliss-reactive ketones (excluding diaryl/α,β-unsaturated/α-hetero) is 1. The fourth-order valence-electron chi connectivity index (χ4n) is 5.08. The van der Waals surface area contributed by atoms with Crippen LogP contribution >= 0.6 is 22.6 Å². The SMILES string of the molecule is Cn1c(-c2cccc(CC(=O)C(=O)Nc3ccccc3-c3nc4ccccc4[nH]3)c2)c(I)c2cc(C(=O)O)c(O)cc21. The highest BCUT2D eigenvalue weighted by atomic mass is 127. The molecule has 1 amide bonds. The number of benzene rings is 4. The molecule has 42 heavy (non-hydrogen) atoms. The van der Waals surface area contributed by atoms with E-state index in [1.54, 1.807) is 24.3 Å². The number of carboxylic acid groups (broad SMARTS) is 1. The topological polar surface area (TPSA) is 137 Å². The van der Waals surface area contributed by atoms with Crippen LogP contribution in [0, 0.1) is 3.57 Å². The molecule has 4 N–H and O–H groups in total. The van der Waals surface area contributed by atoms with E-state index in [1.807, 2.05) is 60.1 Å². The van der Waals surface area contributed by atoms with Crippen molar-refractivity contribution in [1.29, 1.82) is 0 Å². The molecule has 10 heteroatoms.